The molecule has 0 fully saturated rings. The largest absolute Gasteiger partial charge is 0.477 e. The van der Waals surface area contributed by atoms with Gasteiger partial charge in [0.15, 0.2) is 0 Å². The lowest BCUT2D eigenvalue weighted by molar-refractivity contribution is 0.0690. The fraction of sp³-hybridized carbons (Fsp3) is 0. The summed E-state index contributed by atoms with van der Waals surface area (Å²) in [6, 6.07) is 19.9. The molecule has 0 amide bonds. The van der Waals surface area contributed by atoms with E-state index in [-0.39, 0.29) is 10.6 Å². The van der Waals surface area contributed by atoms with Crippen LogP contribution in [0.3, 0.4) is 0 Å². The maximum atomic E-state index is 12.9. The van der Waals surface area contributed by atoms with Crippen LogP contribution in [-0.4, -0.2) is 29.5 Å². The number of benzene rings is 2. The molecule has 0 aliphatic rings. The van der Waals surface area contributed by atoms with E-state index in [1.165, 1.54) is 24.4 Å². The van der Waals surface area contributed by atoms with Crippen molar-refractivity contribution >= 4 is 21.7 Å². The van der Waals surface area contributed by atoms with Crippen molar-refractivity contribution in [2.24, 2.45) is 0 Å². The highest BCUT2D eigenvalue weighted by atomic mass is 32.2. The molecule has 7 nitrogen and oxygen atoms in total. The van der Waals surface area contributed by atoms with Crippen LogP contribution in [0.25, 0.3) is 11.1 Å². The molecule has 0 atom stereocenters. The molecule has 2 heterocycles. The van der Waals surface area contributed by atoms with Gasteiger partial charge in [0, 0.05) is 29.7 Å². The summed E-state index contributed by atoms with van der Waals surface area (Å²) in [5.41, 5.74) is 2.97. The van der Waals surface area contributed by atoms with E-state index in [0.29, 0.717) is 16.8 Å². The van der Waals surface area contributed by atoms with Gasteiger partial charge in [-0.2, -0.15) is 0 Å². The van der Waals surface area contributed by atoms with Crippen molar-refractivity contribution in [2.45, 2.75) is 4.90 Å². The van der Waals surface area contributed by atoms with Gasteiger partial charge in [0.1, 0.15) is 5.69 Å². The highest BCUT2D eigenvalue weighted by molar-refractivity contribution is 7.92. The van der Waals surface area contributed by atoms with Gasteiger partial charge in [-0.3, -0.25) is 9.71 Å². The van der Waals surface area contributed by atoms with E-state index in [2.05, 4.69) is 26.5 Å². The van der Waals surface area contributed by atoms with E-state index in [1.807, 2.05) is 12.1 Å². The molecule has 0 radical (unpaired) electrons. The number of carboxylic acids is 1. The third kappa shape index (κ3) is 5.23. The Morgan fingerprint density at radius 2 is 1.64 bits per heavy atom. The number of sulfonamides is 1. The van der Waals surface area contributed by atoms with Crippen LogP contribution >= 0.6 is 0 Å². The van der Waals surface area contributed by atoms with Crippen LogP contribution in [0.5, 0.6) is 0 Å². The number of anilines is 1. The second-order valence-corrected chi connectivity index (χ2v) is 8.59. The predicted molar refractivity (Wildman–Crippen MR) is 124 cm³/mol. The summed E-state index contributed by atoms with van der Waals surface area (Å²) in [6.45, 7) is 0. The van der Waals surface area contributed by atoms with Gasteiger partial charge in [-0.1, -0.05) is 42.2 Å². The number of nitrogens with one attached hydrogen (secondary N) is 1. The molecule has 0 bridgehead atoms. The SMILES string of the molecule is O=C(O)c1ccc(C#Cc2ccccc2NS(=O)(=O)c2ccc(-c3cccnc3)cc2)cn1. The molecule has 0 spiro atoms. The van der Waals surface area contributed by atoms with Gasteiger partial charge in [0.2, 0.25) is 0 Å². The molecule has 2 N–H and O–H groups in total. The number of para-hydroxylation sites is 1. The lowest BCUT2D eigenvalue weighted by Crippen LogP contribution is -2.13. The van der Waals surface area contributed by atoms with Crippen molar-refractivity contribution in [1.82, 2.24) is 9.97 Å². The van der Waals surface area contributed by atoms with Gasteiger partial charge >= 0.3 is 5.97 Å². The zero-order valence-corrected chi connectivity index (χ0v) is 18.0. The first kappa shape index (κ1) is 21.7. The molecular formula is C25H17N3O4S. The monoisotopic (exact) mass is 455 g/mol. The second-order valence-electron chi connectivity index (χ2n) is 6.90. The summed E-state index contributed by atoms with van der Waals surface area (Å²) in [5.74, 6) is 4.66. The second kappa shape index (κ2) is 9.34. The molecule has 2 aromatic heterocycles. The number of nitrogens with zero attached hydrogens (tertiary/aromatic N) is 2. The van der Waals surface area contributed by atoms with Crippen LogP contribution in [-0.2, 0) is 10.0 Å². The molecule has 0 saturated heterocycles. The zero-order valence-electron chi connectivity index (χ0n) is 17.1. The summed E-state index contributed by atoms with van der Waals surface area (Å²) in [4.78, 5) is 18.9. The van der Waals surface area contributed by atoms with Gasteiger partial charge in [-0.05, 0) is 53.6 Å². The average Bonchev–Trinajstić information content (AvgIpc) is 2.84. The summed E-state index contributed by atoms with van der Waals surface area (Å²) in [7, 11) is -3.84. The van der Waals surface area contributed by atoms with Crippen molar-refractivity contribution in [2.75, 3.05) is 4.72 Å². The minimum absolute atomic E-state index is 0.0803. The molecule has 2 aromatic carbocycles. The third-order valence-electron chi connectivity index (χ3n) is 4.65. The number of aromatic nitrogens is 2. The summed E-state index contributed by atoms with van der Waals surface area (Å²) in [6.07, 6.45) is 4.74. The smallest absolute Gasteiger partial charge is 0.354 e. The third-order valence-corrected chi connectivity index (χ3v) is 6.04. The molecule has 162 valence electrons. The Kier molecular flexibility index (Phi) is 6.15. The summed E-state index contributed by atoms with van der Waals surface area (Å²) in [5, 5.41) is 8.93. The van der Waals surface area contributed by atoms with E-state index in [0.717, 1.165) is 11.1 Å². The van der Waals surface area contributed by atoms with Gasteiger partial charge in [-0.25, -0.2) is 18.2 Å². The summed E-state index contributed by atoms with van der Waals surface area (Å²) < 4.78 is 28.5. The molecular weight excluding hydrogens is 438 g/mol. The van der Waals surface area contributed by atoms with Gasteiger partial charge in [-0.15, -0.1) is 0 Å². The molecule has 4 aromatic rings. The fourth-order valence-electron chi connectivity index (χ4n) is 2.98. The Hall–Kier alpha value is -4.48. The first-order chi connectivity index (χ1) is 15.9. The number of hydrogen-bond donors (Lipinski definition) is 2. The number of carbonyl (C=O) groups is 1. The molecule has 0 saturated carbocycles. The standard InChI is InChI=1S/C25H17N3O4S/c29-25(30)24-14-8-18(16-27-24)7-9-20-4-1-2-6-23(20)28-33(31,32)22-12-10-19(11-13-22)21-5-3-15-26-17-21/h1-6,8,10-17,28H,(H,29,30). The molecule has 0 aliphatic carbocycles. The molecule has 4 rings (SSSR count). The van der Waals surface area contributed by atoms with Crippen LogP contribution in [0.4, 0.5) is 5.69 Å². The first-order valence-electron chi connectivity index (χ1n) is 9.76. The number of rotatable bonds is 5. The number of aromatic carboxylic acids is 1. The normalized spacial score (nSPS) is 10.7. The lowest BCUT2D eigenvalue weighted by atomic mass is 10.1. The van der Waals surface area contributed by atoms with Crippen LogP contribution in [0.15, 0.2) is 96.3 Å². The topological polar surface area (TPSA) is 109 Å². The van der Waals surface area contributed by atoms with E-state index in [1.54, 1.807) is 54.9 Å². The predicted octanol–water partition coefficient (Wildman–Crippen LogP) is 4.04. The average molecular weight is 455 g/mol. The van der Waals surface area contributed by atoms with Crippen molar-refractivity contribution in [1.29, 1.82) is 0 Å². The highest BCUT2D eigenvalue weighted by Gasteiger charge is 2.16. The maximum Gasteiger partial charge on any atom is 0.354 e. The summed E-state index contributed by atoms with van der Waals surface area (Å²) >= 11 is 0. The molecule has 0 unspecified atom stereocenters. The molecule has 33 heavy (non-hydrogen) atoms. The van der Waals surface area contributed by atoms with Crippen LogP contribution in [0.2, 0.25) is 0 Å². The number of hydrogen-bond acceptors (Lipinski definition) is 5. The minimum Gasteiger partial charge on any atom is -0.477 e. The van der Waals surface area contributed by atoms with Crippen LogP contribution in [0.1, 0.15) is 21.6 Å². The van der Waals surface area contributed by atoms with Crippen LogP contribution in [0, 0.1) is 11.8 Å². The molecule has 0 aliphatic heterocycles. The fourth-order valence-corrected chi connectivity index (χ4v) is 4.06. The van der Waals surface area contributed by atoms with E-state index < -0.39 is 16.0 Å². The van der Waals surface area contributed by atoms with Crippen molar-refractivity contribution in [3.63, 3.8) is 0 Å². The molecule has 8 heteroatoms. The van der Waals surface area contributed by atoms with E-state index in [9.17, 15) is 13.2 Å². The zero-order chi connectivity index (χ0) is 23.3. The Morgan fingerprint density at radius 1 is 0.848 bits per heavy atom. The minimum atomic E-state index is -3.84. The Morgan fingerprint density at radius 3 is 2.30 bits per heavy atom. The lowest BCUT2D eigenvalue weighted by Gasteiger charge is -2.10. The van der Waals surface area contributed by atoms with Crippen LogP contribution < -0.4 is 4.72 Å². The van der Waals surface area contributed by atoms with Crippen molar-refractivity contribution in [3.8, 4) is 23.0 Å². The number of pyridine rings is 2. The van der Waals surface area contributed by atoms with Gasteiger partial charge < -0.3 is 5.11 Å². The van der Waals surface area contributed by atoms with Crippen molar-refractivity contribution < 1.29 is 18.3 Å². The van der Waals surface area contributed by atoms with E-state index in [4.69, 9.17) is 5.11 Å². The number of carboxylic acid groups (broad SMARTS) is 1. The highest BCUT2D eigenvalue weighted by Crippen LogP contribution is 2.23. The first-order valence-corrected chi connectivity index (χ1v) is 11.2. The Balaban J connectivity index is 1.57. The quantitative estimate of drug-likeness (QED) is 0.440. The van der Waals surface area contributed by atoms with Crippen molar-refractivity contribution in [3.05, 3.63) is 108 Å². The van der Waals surface area contributed by atoms with E-state index >= 15 is 0 Å². The maximum absolute atomic E-state index is 12.9. The van der Waals surface area contributed by atoms with Gasteiger partial charge in [0.25, 0.3) is 10.0 Å². The Bertz CT molecular complexity index is 1460. The Labute approximate surface area is 190 Å². The van der Waals surface area contributed by atoms with Gasteiger partial charge in [0.05, 0.1) is 10.6 Å².